The molecule has 1 spiro atoms. The van der Waals surface area contributed by atoms with Crippen molar-refractivity contribution < 1.29 is 14.2 Å². The lowest BCUT2D eigenvalue weighted by atomic mass is 9.87. The standard InChI is InChI=1S/C7H12O3/c1-6-9-4-7(5-10-6)2-8-3-7/h6H,2-5H2,1H3. The van der Waals surface area contributed by atoms with Gasteiger partial charge in [-0.25, -0.2) is 0 Å². The van der Waals surface area contributed by atoms with Gasteiger partial charge >= 0.3 is 0 Å². The van der Waals surface area contributed by atoms with Gasteiger partial charge in [-0.1, -0.05) is 0 Å². The Hall–Kier alpha value is -0.120. The quantitative estimate of drug-likeness (QED) is 0.492. The molecule has 0 amide bonds. The van der Waals surface area contributed by atoms with E-state index >= 15 is 0 Å². The van der Waals surface area contributed by atoms with Crippen LogP contribution in [0.15, 0.2) is 0 Å². The lowest BCUT2D eigenvalue weighted by Crippen LogP contribution is -2.53. The highest BCUT2D eigenvalue weighted by molar-refractivity contribution is 4.86. The van der Waals surface area contributed by atoms with Crippen LogP contribution in [-0.4, -0.2) is 32.7 Å². The van der Waals surface area contributed by atoms with Crippen molar-refractivity contribution >= 4 is 0 Å². The first-order chi connectivity index (χ1) is 4.81. The largest absolute Gasteiger partial charge is 0.380 e. The molecule has 2 rings (SSSR count). The minimum atomic E-state index is -0.0220. The van der Waals surface area contributed by atoms with Crippen LogP contribution in [0.25, 0.3) is 0 Å². The zero-order chi connectivity index (χ0) is 7.03. The van der Waals surface area contributed by atoms with Crippen molar-refractivity contribution in [3.05, 3.63) is 0 Å². The maximum atomic E-state index is 5.33. The lowest BCUT2D eigenvalue weighted by Gasteiger charge is -2.44. The Morgan fingerprint density at radius 3 is 2.10 bits per heavy atom. The number of ether oxygens (including phenoxy) is 3. The molecule has 0 bridgehead atoms. The van der Waals surface area contributed by atoms with E-state index in [4.69, 9.17) is 14.2 Å². The molecule has 0 N–H and O–H groups in total. The van der Waals surface area contributed by atoms with E-state index in [1.54, 1.807) is 0 Å². The summed E-state index contributed by atoms with van der Waals surface area (Å²) in [6, 6.07) is 0. The normalized spacial score (nSPS) is 32.1. The number of hydrogen-bond acceptors (Lipinski definition) is 3. The van der Waals surface area contributed by atoms with Gasteiger partial charge in [0.1, 0.15) is 0 Å². The summed E-state index contributed by atoms with van der Waals surface area (Å²) in [5.41, 5.74) is 0.215. The van der Waals surface area contributed by atoms with Gasteiger partial charge in [0, 0.05) is 0 Å². The minimum absolute atomic E-state index is 0.0220. The second-order valence-electron chi connectivity index (χ2n) is 3.18. The van der Waals surface area contributed by atoms with Crippen LogP contribution in [0.1, 0.15) is 6.92 Å². The minimum Gasteiger partial charge on any atom is -0.380 e. The van der Waals surface area contributed by atoms with E-state index in [0.29, 0.717) is 0 Å². The van der Waals surface area contributed by atoms with Gasteiger partial charge < -0.3 is 14.2 Å². The number of rotatable bonds is 0. The molecule has 0 saturated carbocycles. The Kier molecular flexibility index (Phi) is 1.44. The highest BCUT2D eigenvalue weighted by Gasteiger charge is 2.42. The van der Waals surface area contributed by atoms with E-state index < -0.39 is 0 Å². The van der Waals surface area contributed by atoms with Crippen LogP contribution in [0.4, 0.5) is 0 Å². The molecule has 2 aliphatic rings. The molecule has 2 heterocycles. The van der Waals surface area contributed by atoms with Crippen LogP contribution in [0.2, 0.25) is 0 Å². The van der Waals surface area contributed by atoms with Crippen molar-refractivity contribution in [2.45, 2.75) is 13.2 Å². The molecule has 3 nitrogen and oxygen atoms in total. The fourth-order valence-corrected chi connectivity index (χ4v) is 1.24. The Bertz CT molecular complexity index is 121. The van der Waals surface area contributed by atoms with Crippen molar-refractivity contribution in [2.24, 2.45) is 5.41 Å². The number of hydrogen-bond donors (Lipinski definition) is 0. The van der Waals surface area contributed by atoms with Crippen molar-refractivity contribution in [1.82, 2.24) is 0 Å². The average molecular weight is 144 g/mol. The van der Waals surface area contributed by atoms with E-state index in [0.717, 1.165) is 26.4 Å². The SMILES string of the molecule is CC1OCC2(COC2)CO1. The smallest absolute Gasteiger partial charge is 0.154 e. The highest BCUT2D eigenvalue weighted by atomic mass is 16.7. The van der Waals surface area contributed by atoms with Gasteiger partial charge in [0.2, 0.25) is 0 Å². The molecular weight excluding hydrogens is 132 g/mol. The molecule has 2 saturated heterocycles. The predicted octanol–water partition coefficient (Wildman–Crippen LogP) is 0.396. The first kappa shape index (κ1) is 6.58. The van der Waals surface area contributed by atoms with Crippen LogP contribution in [0.3, 0.4) is 0 Å². The Balaban J connectivity index is 1.90. The summed E-state index contributed by atoms with van der Waals surface area (Å²) in [5, 5.41) is 0. The monoisotopic (exact) mass is 144 g/mol. The van der Waals surface area contributed by atoms with E-state index in [9.17, 15) is 0 Å². The maximum Gasteiger partial charge on any atom is 0.154 e. The van der Waals surface area contributed by atoms with E-state index in [-0.39, 0.29) is 11.7 Å². The Labute approximate surface area is 60.3 Å². The average Bonchev–Trinajstić information content (AvgIpc) is 1.86. The predicted molar refractivity (Wildman–Crippen MR) is 34.6 cm³/mol. The molecule has 0 atom stereocenters. The third-order valence-electron chi connectivity index (χ3n) is 2.06. The second-order valence-corrected chi connectivity index (χ2v) is 3.18. The summed E-state index contributed by atoms with van der Waals surface area (Å²) in [6.07, 6.45) is -0.0220. The zero-order valence-electron chi connectivity index (χ0n) is 6.13. The van der Waals surface area contributed by atoms with Gasteiger partial charge in [-0.3, -0.25) is 0 Å². The molecule has 2 aliphatic heterocycles. The molecule has 0 aromatic carbocycles. The molecular formula is C7H12O3. The summed E-state index contributed by atoms with van der Waals surface area (Å²) in [7, 11) is 0. The second kappa shape index (κ2) is 2.19. The first-order valence-corrected chi connectivity index (χ1v) is 3.62. The molecule has 0 aromatic heterocycles. The molecule has 0 aliphatic carbocycles. The molecule has 3 heteroatoms. The van der Waals surface area contributed by atoms with Crippen molar-refractivity contribution in [3.63, 3.8) is 0 Å². The van der Waals surface area contributed by atoms with Gasteiger partial charge in [-0.15, -0.1) is 0 Å². The van der Waals surface area contributed by atoms with Gasteiger partial charge in [0.05, 0.1) is 31.8 Å². The summed E-state index contributed by atoms with van der Waals surface area (Å²) in [4.78, 5) is 0. The van der Waals surface area contributed by atoms with Crippen LogP contribution in [-0.2, 0) is 14.2 Å². The Morgan fingerprint density at radius 2 is 1.70 bits per heavy atom. The van der Waals surface area contributed by atoms with E-state index in [1.807, 2.05) is 6.92 Å². The summed E-state index contributed by atoms with van der Waals surface area (Å²) in [6.45, 7) is 5.13. The van der Waals surface area contributed by atoms with E-state index in [1.165, 1.54) is 0 Å². The lowest BCUT2D eigenvalue weighted by molar-refractivity contribution is -0.278. The Morgan fingerprint density at radius 1 is 1.10 bits per heavy atom. The molecule has 10 heavy (non-hydrogen) atoms. The highest BCUT2D eigenvalue weighted by Crippen LogP contribution is 2.31. The first-order valence-electron chi connectivity index (χ1n) is 3.62. The van der Waals surface area contributed by atoms with Crippen LogP contribution in [0, 0.1) is 5.41 Å². The molecule has 0 radical (unpaired) electrons. The van der Waals surface area contributed by atoms with Crippen LogP contribution >= 0.6 is 0 Å². The van der Waals surface area contributed by atoms with Crippen molar-refractivity contribution in [2.75, 3.05) is 26.4 Å². The summed E-state index contributed by atoms with van der Waals surface area (Å²) in [5.74, 6) is 0. The van der Waals surface area contributed by atoms with Crippen molar-refractivity contribution in [3.8, 4) is 0 Å². The van der Waals surface area contributed by atoms with E-state index in [2.05, 4.69) is 0 Å². The third kappa shape index (κ3) is 0.944. The van der Waals surface area contributed by atoms with Gasteiger partial charge in [0.15, 0.2) is 6.29 Å². The third-order valence-corrected chi connectivity index (χ3v) is 2.06. The zero-order valence-corrected chi connectivity index (χ0v) is 6.13. The molecule has 2 fully saturated rings. The van der Waals surface area contributed by atoms with Crippen molar-refractivity contribution in [1.29, 1.82) is 0 Å². The summed E-state index contributed by atoms with van der Waals surface area (Å²) < 4.78 is 15.8. The fraction of sp³-hybridized carbons (Fsp3) is 1.00. The van der Waals surface area contributed by atoms with Crippen LogP contribution in [0.5, 0.6) is 0 Å². The molecule has 58 valence electrons. The summed E-state index contributed by atoms with van der Waals surface area (Å²) >= 11 is 0. The fourth-order valence-electron chi connectivity index (χ4n) is 1.24. The van der Waals surface area contributed by atoms with Crippen LogP contribution < -0.4 is 0 Å². The van der Waals surface area contributed by atoms with Gasteiger partial charge in [-0.2, -0.15) is 0 Å². The molecule has 0 unspecified atom stereocenters. The topological polar surface area (TPSA) is 27.7 Å². The van der Waals surface area contributed by atoms with Gasteiger partial charge in [-0.05, 0) is 6.92 Å². The van der Waals surface area contributed by atoms with Gasteiger partial charge in [0.25, 0.3) is 0 Å². The molecule has 0 aromatic rings. The maximum absolute atomic E-state index is 5.33.